The molecule has 9 nitrogen and oxygen atoms in total. The molecule has 4 aromatic heterocycles. The lowest BCUT2D eigenvalue weighted by Crippen LogP contribution is -2.06. The molecule has 0 saturated carbocycles. The number of methoxy groups -OCH3 is 1. The quantitative estimate of drug-likeness (QED) is 0.213. The average molecular weight is 586 g/mol. The maximum Gasteiger partial charge on any atom is 0.335 e. The zero-order chi connectivity index (χ0) is 27.3. The highest BCUT2D eigenvalue weighted by molar-refractivity contribution is 7.22. The summed E-state index contributed by atoms with van der Waals surface area (Å²) in [5, 5.41) is 16.0. The van der Waals surface area contributed by atoms with Crippen molar-refractivity contribution in [3.63, 3.8) is 0 Å². The highest BCUT2D eigenvalue weighted by Crippen LogP contribution is 2.40. The van der Waals surface area contributed by atoms with Gasteiger partial charge in [-0.05, 0) is 12.1 Å². The molecule has 1 N–H and O–H groups in total. The molecule has 0 aliphatic rings. The van der Waals surface area contributed by atoms with Crippen LogP contribution < -0.4 is 9.47 Å². The van der Waals surface area contributed by atoms with Crippen molar-refractivity contribution in [2.24, 2.45) is 0 Å². The molecule has 4 heterocycles. The van der Waals surface area contributed by atoms with E-state index < -0.39 is 11.9 Å². The number of thiazole rings is 2. The van der Waals surface area contributed by atoms with E-state index in [-0.39, 0.29) is 17.2 Å². The monoisotopic (exact) mass is 585 g/mol. The Hall–Kier alpha value is -4.01. The number of hydrogen-bond acceptors (Lipinski definition) is 10. The van der Waals surface area contributed by atoms with E-state index in [1.54, 1.807) is 49.7 Å². The first-order chi connectivity index (χ1) is 18.7. The van der Waals surface area contributed by atoms with Gasteiger partial charge in [-0.25, -0.2) is 24.3 Å². The second-order valence-corrected chi connectivity index (χ2v) is 11.3. The Balaban J connectivity index is 1.26. The van der Waals surface area contributed by atoms with E-state index in [1.165, 1.54) is 27.2 Å². The van der Waals surface area contributed by atoms with Crippen LogP contribution in [0.4, 0.5) is 8.78 Å². The van der Waals surface area contributed by atoms with Crippen molar-refractivity contribution in [2.45, 2.75) is 19.5 Å². The number of imidazole rings is 1. The number of carbonyl (C=O) groups is 1. The number of hydrogen-bond donors (Lipinski definition) is 1. The molecule has 6 aromatic rings. The standard InChI is InChI=1S/C25H17F2N5O4S3/c1-25(26,27)23-31-32-9-17(30-24(32)39-23)21-29-16-7-15(35-2)8-18(19(16)38-21)36-10-14-11-37-20(28-14)12-3-5-13(6-4-12)22(33)34/h3-9,11H,10H2,1-2H3,(H,33,34). The van der Waals surface area contributed by atoms with Crippen molar-refractivity contribution in [2.75, 3.05) is 7.11 Å². The van der Waals surface area contributed by atoms with Crippen molar-refractivity contribution >= 4 is 55.2 Å². The van der Waals surface area contributed by atoms with E-state index in [1.807, 2.05) is 5.38 Å². The van der Waals surface area contributed by atoms with Crippen LogP contribution in [0.25, 0.3) is 36.5 Å². The van der Waals surface area contributed by atoms with Gasteiger partial charge in [-0.3, -0.25) is 0 Å². The smallest absolute Gasteiger partial charge is 0.335 e. The van der Waals surface area contributed by atoms with Gasteiger partial charge in [0.2, 0.25) is 4.96 Å². The van der Waals surface area contributed by atoms with E-state index in [9.17, 15) is 13.6 Å². The summed E-state index contributed by atoms with van der Waals surface area (Å²) in [5.41, 5.74) is 2.90. The third-order valence-corrected chi connectivity index (χ3v) is 8.75. The van der Waals surface area contributed by atoms with E-state index in [2.05, 4.69) is 20.1 Å². The Labute approximate surface area is 231 Å². The number of carboxylic acid groups (broad SMARTS) is 1. The SMILES string of the molecule is COc1cc(OCc2csc(-c3ccc(C(=O)O)cc3)n2)c2sc(-c3cn4nc(C(C)(F)F)sc4n3)nc2c1. The first kappa shape index (κ1) is 25.3. The number of benzene rings is 2. The van der Waals surface area contributed by atoms with Gasteiger partial charge in [-0.1, -0.05) is 23.5 Å². The van der Waals surface area contributed by atoms with Crippen molar-refractivity contribution in [3.05, 3.63) is 64.2 Å². The van der Waals surface area contributed by atoms with E-state index >= 15 is 0 Å². The molecule has 6 rings (SSSR count). The summed E-state index contributed by atoms with van der Waals surface area (Å²) in [4.78, 5) is 25.2. The first-order valence-electron chi connectivity index (χ1n) is 11.3. The number of rotatable bonds is 8. The van der Waals surface area contributed by atoms with Gasteiger partial charge in [-0.2, -0.15) is 13.9 Å². The van der Waals surface area contributed by atoms with Crippen molar-refractivity contribution in [1.82, 2.24) is 24.6 Å². The molecule has 0 aliphatic carbocycles. The van der Waals surface area contributed by atoms with Gasteiger partial charge in [-0.15, -0.1) is 22.7 Å². The summed E-state index contributed by atoms with van der Waals surface area (Å²) in [5.74, 6) is -2.90. The fourth-order valence-corrected chi connectivity index (χ4v) is 6.30. The van der Waals surface area contributed by atoms with Gasteiger partial charge in [0.15, 0.2) is 5.01 Å². The molecule has 0 radical (unpaired) electrons. The van der Waals surface area contributed by atoms with Crippen LogP contribution in [0.5, 0.6) is 11.5 Å². The number of ether oxygens (including phenoxy) is 2. The fraction of sp³-hybridized carbons (Fsp3) is 0.160. The predicted molar refractivity (Wildman–Crippen MR) is 144 cm³/mol. The molecule has 0 spiro atoms. The number of fused-ring (bicyclic) bond motifs is 2. The number of alkyl halides is 2. The summed E-state index contributed by atoms with van der Waals surface area (Å²) >= 11 is 3.63. The van der Waals surface area contributed by atoms with Crippen LogP contribution in [0.2, 0.25) is 0 Å². The minimum Gasteiger partial charge on any atom is -0.497 e. The molecule has 0 amide bonds. The lowest BCUT2D eigenvalue weighted by molar-refractivity contribution is 0.0163. The molecule has 0 atom stereocenters. The number of nitrogens with zero attached hydrogens (tertiary/aromatic N) is 5. The molecular formula is C25H17F2N5O4S3. The van der Waals surface area contributed by atoms with Gasteiger partial charge in [0.1, 0.15) is 33.8 Å². The van der Waals surface area contributed by atoms with Crippen molar-refractivity contribution in [3.8, 4) is 32.8 Å². The third kappa shape index (κ3) is 4.93. The highest BCUT2D eigenvalue weighted by atomic mass is 32.1. The number of aromatic nitrogens is 5. The number of halogens is 2. The highest BCUT2D eigenvalue weighted by Gasteiger charge is 2.30. The van der Waals surface area contributed by atoms with E-state index in [0.29, 0.717) is 38.4 Å². The summed E-state index contributed by atoms with van der Waals surface area (Å²) < 4.78 is 40.9. The van der Waals surface area contributed by atoms with Crippen LogP contribution in [0.15, 0.2) is 48.0 Å². The maximum atomic E-state index is 13.6. The van der Waals surface area contributed by atoms with Gasteiger partial charge in [0.25, 0.3) is 5.92 Å². The summed E-state index contributed by atoms with van der Waals surface area (Å²) in [6, 6.07) is 10.1. The molecule has 198 valence electrons. The molecule has 0 fully saturated rings. The normalized spacial score (nSPS) is 11.9. The third-order valence-electron chi connectivity index (χ3n) is 5.61. The molecule has 0 bridgehead atoms. The molecule has 14 heteroatoms. The van der Waals surface area contributed by atoms with E-state index in [4.69, 9.17) is 14.6 Å². The van der Waals surface area contributed by atoms with Gasteiger partial charge >= 0.3 is 5.97 Å². The first-order valence-corrected chi connectivity index (χ1v) is 13.8. The second-order valence-electron chi connectivity index (χ2n) is 8.46. The van der Waals surface area contributed by atoms with Gasteiger partial charge in [0, 0.05) is 30.0 Å². The Morgan fingerprint density at radius 1 is 1.10 bits per heavy atom. The molecule has 0 saturated heterocycles. The van der Waals surface area contributed by atoms with E-state index in [0.717, 1.165) is 33.5 Å². The Morgan fingerprint density at radius 3 is 2.59 bits per heavy atom. The number of aromatic carboxylic acids is 1. The van der Waals surface area contributed by atoms with Gasteiger partial charge in [0.05, 0.1) is 34.8 Å². The van der Waals surface area contributed by atoms with Crippen LogP contribution >= 0.6 is 34.0 Å². The summed E-state index contributed by atoms with van der Waals surface area (Å²) in [7, 11) is 1.55. The molecule has 2 aromatic carbocycles. The molecule has 0 unspecified atom stereocenters. The molecule has 39 heavy (non-hydrogen) atoms. The topological polar surface area (TPSA) is 112 Å². The summed E-state index contributed by atoms with van der Waals surface area (Å²) in [6.45, 7) is 0.997. The Morgan fingerprint density at radius 2 is 1.90 bits per heavy atom. The lowest BCUT2D eigenvalue weighted by Gasteiger charge is -2.07. The number of carboxylic acids is 1. The van der Waals surface area contributed by atoms with Crippen LogP contribution in [-0.2, 0) is 12.5 Å². The zero-order valence-corrected chi connectivity index (χ0v) is 22.7. The summed E-state index contributed by atoms with van der Waals surface area (Å²) in [6.07, 6.45) is 1.58. The van der Waals surface area contributed by atoms with Crippen molar-refractivity contribution in [1.29, 1.82) is 0 Å². The minimum atomic E-state index is -3.03. The maximum absolute atomic E-state index is 13.6. The minimum absolute atomic E-state index is 0.192. The molecular weight excluding hydrogens is 569 g/mol. The van der Waals surface area contributed by atoms with Crippen LogP contribution in [0.1, 0.15) is 28.0 Å². The largest absolute Gasteiger partial charge is 0.497 e. The predicted octanol–water partition coefficient (Wildman–Crippen LogP) is 6.59. The average Bonchev–Trinajstić information content (AvgIpc) is 3.69. The van der Waals surface area contributed by atoms with Crippen LogP contribution in [-0.4, -0.2) is 42.8 Å². The fourth-order valence-electron chi connectivity index (χ4n) is 3.71. The van der Waals surface area contributed by atoms with Crippen molar-refractivity contribution < 1.29 is 28.2 Å². The van der Waals surface area contributed by atoms with Crippen LogP contribution in [0, 0.1) is 0 Å². The molecule has 0 aliphatic heterocycles. The lowest BCUT2D eigenvalue weighted by atomic mass is 10.1. The second kappa shape index (κ2) is 9.63. The Bertz CT molecular complexity index is 1800. The van der Waals surface area contributed by atoms with Crippen LogP contribution in [0.3, 0.4) is 0 Å². The van der Waals surface area contributed by atoms with Gasteiger partial charge < -0.3 is 14.6 Å². The Kier molecular flexibility index (Phi) is 6.24. The zero-order valence-electron chi connectivity index (χ0n) is 20.2.